The summed E-state index contributed by atoms with van der Waals surface area (Å²) in [5, 5.41) is 0. The van der Waals surface area contributed by atoms with E-state index in [1.165, 1.54) is 25.3 Å². The zero-order valence-corrected chi connectivity index (χ0v) is 19.8. The molecule has 0 unspecified atom stereocenters. The van der Waals surface area contributed by atoms with E-state index in [1.807, 2.05) is 12.1 Å². The Morgan fingerprint density at radius 2 is 1.30 bits per heavy atom. The van der Waals surface area contributed by atoms with Crippen LogP contribution in [0.2, 0.25) is 0 Å². The first kappa shape index (κ1) is 26.6. The number of hydrogen-bond donors (Lipinski definition) is 0. The van der Waals surface area contributed by atoms with Crippen LogP contribution in [-0.4, -0.2) is 11.9 Å². The zero-order chi connectivity index (χ0) is 26.8. The first-order valence-electron chi connectivity index (χ1n) is 10.8. The molecule has 0 aliphatic heterocycles. The Morgan fingerprint density at radius 1 is 0.730 bits per heavy atom. The van der Waals surface area contributed by atoms with Gasteiger partial charge in [0, 0.05) is 17.2 Å². The molecule has 0 atom stereocenters. The number of rotatable bonds is 10. The number of benzene rings is 3. The molecule has 0 amide bonds. The van der Waals surface area contributed by atoms with E-state index in [0.717, 1.165) is 36.0 Å². The van der Waals surface area contributed by atoms with Crippen LogP contribution in [0.1, 0.15) is 6.92 Å². The molecule has 3 aromatic rings. The Morgan fingerprint density at radius 3 is 1.92 bits per heavy atom. The summed E-state index contributed by atoms with van der Waals surface area (Å²) >= 11 is 0. The highest BCUT2D eigenvalue weighted by molar-refractivity contribution is 5.87. The summed E-state index contributed by atoms with van der Waals surface area (Å²) in [6, 6.07) is 16.7. The number of esters is 2. The van der Waals surface area contributed by atoms with Crippen LogP contribution in [0.15, 0.2) is 111 Å². The smallest absolute Gasteiger partial charge is 0.338 e. The lowest BCUT2D eigenvalue weighted by atomic mass is 9.99. The molecule has 0 N–H and O–H groups in total. The van der Waals surface area contributed by atoms with E-state index in [9.17, 15) is 18.4 Å². The average molecular weight is 504 g/mol. The van der Waals surface area contributed by atoms with Gasteiger partial charge in [-0.1, -0.05) is 49.6 Å². The molecule has 0 heterocycles. The lowest BCUT2D eigenvalue weighted by Gasteiger charge is -2.09. The number of carbonyl (C=O) groups excluding carboxylic acids is 2. The summed E-state index contributed by atoms with van der Waals surface area (Å²) in [6.45, 7) is 8.17. The van der Waals surface area contributed by atoms with Crippen LogP contribution >= 0.6 is 0 Å². The number of carbonyl (C=O) groups is 2. The molecule has 3 aromatic carbocycles. The molecule has 188 valence electrons. The van der Waals surface area contributed by atoms with Gasteiger partial charge in [0.15, 0.2) is 11.6 Å². The standard InChI is InChI=1S/C29H22F2O6/c1-4-26(32)36-17-15-34-23-11-9-21(10-12-23)20-5-7-22(8-6-20)24-13-14-25(28(31)27(24)30)35-16-18-37-29(33)19(2)3/h4-18H,1-2H2,3H3. The van der Waals surface area contributed by atoms with E-state index < -0.39 is 23.6 Å². The predicted molar refractivity (Wildman–Crippen MR) is 134 cm³/mol. The molecule has 3 rings (SSSR count). The molecule has 37 heavy (non-hydrogen) atoms. The Balaban J connectivity index is 1.66. The minimum absolute atomic E-state index is 0.0572. The van der Waals surface area contributed by atoms with Crippen LogP contribution in [0.3, 0.4) is 0 Å². The molecular formula is C29H22F2O6. The van der Waals surface area contributed by atoms with E-state index >= 15 is 0 Å². The van der Waals surface area contributed by atoms with Gasteiger partial charge in [0.05, 0.1) is 0 Å². The normalized spacial score (nSPS) is 10.8. The van der Waals surface area contributed by atoms with Gasteiger partial charge in [0.1, 0.15) is 30.8 Å². The Kier molecular flexibility index (Phi) is 9.10. The maximum absolute atomic E-state index is 14.7. The van der Waals surface area contributed by atoms with Crippen molar-refractivity contribution in [2.75, 3.05) is 0 Å². The molecular weight excluding hydrogens is 482 g/mol. The molecule has 8 heteroatoms. The fourth-order valence-electron chi connectivity index (χ4n) is 2.95. The minimum atomic E-state index is -1.18. The Bertz CT molecular complexity index is 1360. The first-order valence-corrected chi connectivity index (χ1v) is 10.8. The van der Waals surface area contributed by atoms with Gasteiger partial charge in [0.2, 0.25) is 5.82 Å². The summed E-state index contributed by atoms with van der Waals surface area (Å²) in [5.74, 6) is -3.37. The maximum Gasteiger partial charge on any atom is 0.338 e. The van der Waals surface area contributed by atoms with Crippen LogP contribution in [0, 0.1) is 11.6 Å². The van der Waals surface area contributed by atoms with Crippen molar-refractivity contribution in [1.82, 2.24) is 0 Å². The molecule has 0 saturated heterocycles. The van der Waals surface area contributed by atoms with E-state index in [0.29, 0.717) is 11.3 Å². The molecule has 0 aliphatic carbocycles. The second-order valence-corrected chi connectivity index (χ2v) is 7.45. The highest BCUT2D eigenvalue weighted by Gasteiger charge is 2.16. The van der Waals surface area contributed by atoms with Gasteiger partial charge >= 0.3 is 11.9 Å². The van der Waals surface area contributed by atoms with Crippen molar-refractivity contribution in [1.29, 1.82) is 0 Å². The van der Waals surface area contributed by atoms with Crippen molar-refractivity contribution >= 4 is 11.9 Å². The average Bonchev–Trinajstić information content (AvgIpc) is 2.91. The van der Waals surface area contributed by atoms with Crippen LogP contribution < -0.4 is 9.47 Å². The van der Waals surface area contributed by atoms with Gasteiger partial charge < -0.3 is 18.9 Å². The molecule has 0 saturated carbocycles. The van der Waals surface area contributed by atoms with Gasteiger partial charge in [-0.25, -0.2) is 14.0 Å². The SMILES string of the molecule is C=CC(=O)OC=COc1ccc(-c2ccc(-c3ccc(OC=COC(=O)C(=C)C)c(F)c3F)cc2)cc1. The van der Waals surface area contributed by atoms with Gasteiger partial charge in [-0.05, 0) is 47.9 Å². The largest absolute Gasteiger partial charge is 0.462 e. The molecule has 0 fully saturated rings. The minimum Gasteiger partial charge on any atom is -0.462 e. The number of halogens is 2. The summed E-state index contributed by atoms with van der Waals surface area (Å²) in [4.78, 5) is 22.3. The number of ether oxygens (including phenoxy) is 4. The molecule has 0 radical (unpaired) electrons. The quantitative estimate of drug-likeness (QED) is 0.171. The van der Waals surface area contributed by atoms with Gasteiger partial charge in [-0.15, -0.1) is 0 Å². The fourth-order valence-corrected chi connectivity index (χ4v) is 2.95. The topological polar surface area (TPSA) is 71.1 Å². The van der Waals surface area contributed by atoms with Gasteiger partial charge in [-0.2, -0.15) is 4.39 Å². The van der Waals surface area contributed by atoms with Crippen LogP contribution in [0.25, 0.3) is 22.3 Å². The zero-order valence-electron chi connectivity index (χ0n) is 19.8. The van der Waals surface area contributed by atoms with Crippen LogP contribution in [0.5, 0.6) is 11.5 Å². The highest BCUT2D eigenvalue weighted by Crippen LogP contribution is 2.32. The van der Waals surface area contributed by atoms with E-state index in [4.69, 9.17) is 9.47 Å². The molecule has 0 spiro atoms. The van der Waals surface area contributed by atoms with Crippen molar-refractivity contribution in [3.8, 4) is 33.8 Å². The fraction of sp³-hybridized carbons (Fsp3) is 0.0345. The maximum atomic E-state index is 14.7. The lowest BCUT2D eigenvalue weighted by Crippen LogP contribution is -2.00. The Labute approximate surface area is 212 Å². The van der Waals surface area contributed by atoms with Crippen molar-refractivity contribution in [2.24, 2.45) is 0 Å². The second-order valence-electron chi connectivity index (χ2n) is 7.45. The molecule has 6 nitrogen and oxygen atoms in total. The molecule has 0 aliphatic rings. The first-order chi connectivity index (χ1) is 17.8. The third-order valence-electron chi connectivity index (χ3n) is 4.82. The molecule has 0 aromatic heterocycles. The molecule has 0 bridgehead atoms. The third kappa shape index (κ3) is 7.25. The van der Waals surface area contributed by atoms with E-state index in [2.05, 4.69) is 22.6 Å². The van der Waals surface area contributed by atoms with Gasteiger partial charge in [0.25, 0.3) is 0 Å². The van der Waals surface area contributed by atoms with Gasteiger partial charge in [-0.3, -0.25) is 0 Å². The third-order valence-corrected chi connectivity index (χ3v) is 4.82. The predicted octanol–water partition coefficient (Wildman–Crippen LogP) is 6.85. The van der Waals surface area contributed by atoms with Crippen molar-refractivity contribution in [2.45, 2.75) is 6.92 Å². The summed E-state index contributed by atoms with van der Waals surface area (Å²) in [5.41, 5.74) is 2.43. The monoisotopic (exact) mass is 504 g/mol. The second kappa shape index (κ2) is 12.6. The Hall–Kier alpha value is -4.98. The summed E-state index contributed by atoms with van der Waals surface area (Å²) < 4.78 is 49.0. The van der Waals surface area contributed by atoms with Crippen molar-refractivity contribution in [3.05, 3.63) is 122 Å². The summed E-state index contributed by atoms with van der Waals surface area (Å²) in [7, 11) is 0. The van der Waals surface area contributed by atoms with Crippen LogP contribution in [-0.2, 0) is 19.1 Å². The lowest BCUT2D eigenvalue weighted by molar-refractivity contribution is -0.134. The van der Waals surface area contributed by atoms with Crippen molar-refractivity contribution in [3.63, 3.8) is 0 Å². The number of hydrogen-bond acceptors (Lipinski definition) is 6. The van der Waals surface area contributed by atoms with Crippen molar-refractivity contribution < 1.29 is 37.3 Å². The van der Waals surface area contributed by atoms with E-state index in [1.54, 1.807) is 36.4 Å². The highest BCUT2D eigenvalue weighted by atomic mass is 19.2. The van der Waals surface area contributed by atoms with E-state index in [-0.39, 0.29) is 16.9 Å². The summed E-state index contributed by atoms with van der Waals surface area (Å²) in [6.07, 6.45) is 5.21. The van der Waals surface area contributed by atoms with Crippen LogP contribution in [0.4, 0.5) is 8.78 Å².